The molecule has 2 rings (SSSR count). The number of nitrogens with zero attached hydrogens (tertiary/aromatic N) is 2. The molecule has 1 atom stereocenters. The monoisotopic (exact) mass is 306 g/mol. The maximum absolute atomic E-state index is 12.6. The smallest absolute Gasteiger partial charge is 0.223 e. The molecule has 2 aromatic carbocycles. The zero-order valence-electron chi connectivity index (χ0n) is 13.7. The summed E-state index contributed by atoms with van der Waals surface area (Å²) < 4.78 is 0. The van der Waals surface area contributed by atoms with Crippen LogP contribution in [-0.2, 0) is 11.2 Å². The molecule has 0 aliphatic heterocycles. The van der Waals surface area contributed by atoms with E-state index in [1.807, 2.05) is 61.2 Å². The summed E-state index contributed by atoms with van der Waals surface area (Å²) in [4.78, 5) is 14.5. The van der Waals surface area contributed by atoms with Crippen molar-refractivity contribution >= 4 is 5.91 Å². The first-order valence-electron chi connectivity index (χ1n) is 7.99. The van der Waals surface area contributed by atoms with Crippen LogP contribution in [0, 0.1) is 11.3 Å². The molecule has 1 unspecified atom stereocenters. The van der Waals surface area contributed by atoms with E-state index in [-0.39, 0.29) is 11.9 Å². The molecule has 3 heteroatoms. The third kappa shape index (κ3) is 4.43. The van der Waals surface area contributed by atoms with Crippen molar-refractivity contribution in [3.05, 3.63) is 71.3 Å². The van der Waals surface area contributed by atoms with Gasteiger partial charge in [-0.15, -0.1) is 0 Å². The third-order valence-electron chi connectivity index (χ3n) is 4.12. The molecule has 0 spiro atoms. The van der Waals surface area contributed by atoms with Gasteiger partial charge in [-0.1, -0.05) is 42.5 Å². The van der Waals surface area contributed by atoms with E-state index in [9.17, 15) is 4.79 Å². The van der Waals surface area contributed by atoms with Crippen LogP contribution in [0.4, 0.5) is 0 Å². The average Bonchev–Trinajstić information content (AvgIpc) is 2.61. The van der Waals surface area contributed by atoms with Crippen molar-refractivity contribution in [2.24, 2.45) is 0 Å². The molecular weight excluding hydrogens is 284 g/mol. The number of nitriles is 1. The van der Waals surface area contributed by atoms with Gasteiger partial charge in [-0.2, -0.15) is 5.26 Å². The van der Waals surface area contributed by atoms with E-state index in [2.05, 4.69) is 6.07 Å². The quantitative estimate of drug-likeness (QED) is 0.806. The second-order valence-corrected chi connectivity index (χ2v) is 5.58. The van der Waals surface area contributed by atoms with Crippen LogP contribution in [-0.4, -0.2) is 17.4 Å². The number of carbonyl (C=O) groups is 1. The number of amides is 1. The van der Waals surface area contributed by atoms with E-state index in [0.29, 0.717) is 18.5 Å². The molecule has 0 aliphatic rings. The molecule has 0 saturated carbocycles. The maximum atomic E-state index is 12.6. The zero-order chi connectivity index (χ0) is 16.7. The third-order valence-corrected chi connectivity index (χ3v) is 4.12. The molecule has 3 nitrogen and oxygen atoms in total. The molecule has 0 saturated heterocycles. The Balaban J connectivity index is 2.02. The first kappa shape index (κ1) is 16.8. The number of hydrogen-bond donors (Lipinski definition) is 0. The summed E-state index contributed by atoms with van der Waals surface area (Å²) in [5.41, 5.74) is 2.88. The summed E-state index contributed by atoms with van der Waals surface area (Å²) in [6.45, 7) is 4.71. The molecule has 0 aromatic heterocycles. The summed E-state index contributed by atoms with van der Waals surface area (Å²) in [6, 6.07) is 19.7. The SMILES string of the molecule is CCN(C(=O)CCc1ccccc1)C(C)c1ccc(C#N)cc1. The predicted octanol–water partition coefficient (Wildman–Crippen LogP) is 4.10. The highest BCUT2D eigenvalue weighted by Crippen LogP contribution is 2.21. The lowest BCUT2D eigenvalue weighted by atomic mass is 10.0. The molecule has 0 N–H and O–H groups in total. The van der Waals surface area contributed by atoms with Crippen LogP contribution in [0.3, 0.4) is 0 Å². The van der Waals surface area contributed by atoms with Crippen LogP contribution >= 0.6 is 0 Å². The van der Waals surface area contributed by atoms with Crippen molar-refractivity contribution in [2.45, 2.75) is 32.7 Å². The molecule has 1 amide bonds. The molecule has 2 aromatic rings. The van der Waals surface area contributed by atoms with Gasteiger partial charge in [-0.05, 0) is 43.5 Å². The lowest BCUT2D eigenvalue weighted by Crippen LogP contribution is -2.33. The highest BCUT2D eigenvalue weighted by atomic mass is 16.2. The number of carbonyl (C=O) groups excluding carboxylic acids is 1. The molecule has 0 radical (unpaired) electrons. The molecular formula is C20H22N2O. The zero-order valence-corrected chi connectivity index (χ0v) is 13.7. The lowest BCUT2D eigenvalue weighted by Gasteiger charge is -2.28. The first-order chi connectivity index (χ1) is 11.2. The van der Waals surface area contributed by atoms with Crippen LogP contribution < -0.4 is 0 Å². The highest BCUT2D eigenvalue weighted by Gasteiger charge is 2.19. The summed E-state index contributed by atoms with van der Waals surface area (Å²) in [5, 5.41) is 8.87. The van der Waals surface area contributed by atoms with Gasteiger partial charge in [0, 0.05) is 13.0 Å². The fourth-order valence-electron chi connectivity index (χ4n) is 2.72. The predicted molar refractivity (Wildman–Crippen MR) is 91.7 cm³/mol. The Hall–Kier alpha value is -2.60. The van der Waals surface area contributed by atoms with Gasteiger partial charge in [0.25, 0.3) is 0 Å². The van der Waals surface area contributed by atoms with Crippen molar-refractivity contribution in [1.82, 2.24) is 4.90 Å². The van der Waals surface area contributed by atoms with Gasteiger partial charge >= 0.3 is 0 Å². The minimum atomic E-state index is 0.0102. The van der Waals surface area contributed by atoms with Crippen LogP contribution in [0.25, 0.3) is 0 Å². The Morgan fingerprint density at radius 1 is 1.13 bits per heavy atom. The largest absolute Gasteiger partial charge is 0.336 e. The van der Waals surface area contributed by atoms with Crippen LogP contribution in [0.5, 0.6) is 0 Å². The summed E-state index contributed by atoms with van der Waals surface area (Å²) in [5.74, 6) is 0.160. The van der Waals surface area contributed by atoms with Crippen molar-refractivity contribution in [3.63, 3.8) is 0 Å². The van der Waals surface area contributed by atoms with Gasteiger partial charge in [-0.25, -0.2) is 0 Å². The second-order valence-electron chi connectivity index (χ2n) is 5.58. The van der Waals surface area contributed by atoms with Crippen molar-refractivity contribution in [1.29, 1.82) is 5.26 Å². The number of benzene rings is 2. The summed E-state index contributed by atoms with van der Waals surface area (Å²) >= 11 is 0. The molecule has 0 aliphatic carbocycles. The van der Waals surface area contributed by atoms with Crippen molar-refractivity contribution in [2.75, 3.05) is 6.54 Å². The lowest BCUT2D eigenvalue weighted by molar-refractivity contribution is -0.133. The standard InChI is InChI=1S/C20H22N2O/c1-3-22(16(2)19-12-9-18(15-21)10-13-19)20(23)14-11-17-7-5-4-6-8-17/h4-10,12-13,16H,3,11,14H2,1-2H3. The van der Waals surface area contributed by atoms with E-state index in [0.717, 1.165) is 12.0 Å². The van der Waals surface area contributed by atoms with E-state index < -0.39 is 0 Å². The van der Waals surface area contributed by atoms with Gasteiger partial charge in [0.1, 0.15) is 0 Å². The fraction of sp³-hybridized carbons (Fsp3) is 0.300. The number of hydrogen-bond acceptors (Lipinski definition) is 2. The van der Waals surface area contributed by atoms with Gasteiger partial charge in [0.05, 0.1) is 17.7 Å². The molecule has 0 heterocycles. The van der Waals surface area contributed by atoms with Crippen LogP contribution in [0.15, 0.2) is 54.6 Å². The number of aryl methyl sites for hydroxylation is 1. The van der Waals surface area contributed by atoms with Gasteiger partial charge < -0.3 is 4.90 Å². The Morgan fingerprint density at radius 3 is 2.35 bits per heavy atom. The number of rotatable bonds is 6. The van der Waals surface area contributed by atoms with Crippen LogP contribution in [0.1, 0.15) is 43.0 Å². The van der Waals surface area contributed by atoms with E-state index in [4.69, 9.17) is 5.26 Å². The first-order valence-corrected chi connectivity index (χ1v) is 7.99. The molecule has 23 heavy (non-hydrogen) atoms. The van der Waals surface area contributed by atoms with Gasteiger partial charge in [-0.3, -0.25) is 4.79 Å². The van der Waals surface area contributed by atoms with Gasteiger partial charge in [0.2, 0.25) is 5.91 Å². The van der Waals surface area contributed by atoms with Gasteiger partial charge in [0.15, 0.2) is 0 Å². The summed E-state index contributed by atoms with van der Waals surface area (Å²) in [7, 11) is 0. The Labute approximate surface area is 138 Å². The Morgan fingerprint density at radius 2 is 1.78 bits per heavy atom. The second kappa shape index (κ2) is 8.14. The van der Waals surface area contributed by atoms with E-state index in [1.165, 1.54) is 5.56 Å². The molecule has 118 valence electrons. The average molecular weight is 306 g/mol. The van der Waals surface area contributed by atoms with Crippen LogP contribution in [0.2, 0.25) is 0 Å². The van der Waals surface area contributed by atoms with Crippen molar-refractivity contribution < 1.29 is 4.79 Å². The van der Waals surface area contributed by atoms with Crippen molar-refractivity contribution in [3.8, 4) is 6.07 Å². The molecule has 0 fully saturated rings. The van der Waals surface area contributed by atoms with E-state index >= 15 is 0 Å². The Bertz CT molecular complexity index is 671. The summed E-state index contributed by atoms with van der Waals surface area (Å²) in [6.07, 6.45) is 1.27. The minimum Gasteiger partial charge on any atom is -0.336 e. The highest BCUT2D eigenvalue weighted by molar-refractivity contribution is 5.77. The Kier molecular flexibility index (Phi) is 5.94. The van der Waals surface area contributed by atoms with E-state index in [1.54, 1.807) is 12.1 Å². The normalized spacial score (nSPS) is 11.5. The molecule has 0 bridgehead atoms. The fourth-order valence-corrected chi connectivity index (χ4v) is 2.72. The topological polar surface area (TPSA) is 44.1 Å². The minimum absolute atomic E-state index is 0.0102. The maximum Gasteiger partial charge on any atom is 0.223 e.